The molecule has 0 spiro atoms. The summed E-state index contributed by atoms with van der Waals surface area (Å²) in [5, 5.41) is 14.0. The van der Waals surface area contributed by atoms with Crippen molar-refractivity contribution in [2.75, 3.05) is 117 Å². The highest BCUT2D eigenvalue weighted by molar-refractivity contribution is 8.77. The van der Waals surface area contributed by atoms with E-state index in [1.54, 1.807) is 61.3 Å². The second-order valence-electron chi connectivity index (χ2n) is 30.3. The van der Waals surface area contributed by atoms with Crippen molar-refractivity contribution in [2.45, 2.75) is 102 Å². The minimum atomic E-state index is -5.76. The van der Waals surface area contributed by atoms with Gasteiger partial charge in [0.2, 0.25) is 0 Å². The van der Waals surface area contributed by atoms with E-state index in [1.165, 1.54) is 77.4 Å². The molecule has 5 aliphatic heterocycles. The fraction of sp³-hybridized carbons (Fsp3) is 0.427. The molecule has 0 bridgehead atoms. The van der Waals surface area contributed by atoms with Crippen molar-refractivity contribution in [1.82, 2.24) is 45.0 Å². The summed E-state index contributed by atoms with van der Waals surface area (Å²) in [4.78, 5) is 146. The first-order valence-corrected chi connectivity index (χ1v) is 62.2. The fourth-order valence-corrected chi connectivity index (χ4v) is 25.2. The minimum absolute atomic E-state index is 0.0419. The van der Waals surface area contributed by atoms with Gasteiger partial charge in [-0.15, -0.1) is 25.3 Å². The Bertz CT molecular complexity index is 6710. The number of phosphoric acid groups is 6. The Kier molecular flexibility index (Phi) is 45.0. The van der Waals surface area contributed by atoms with E-state index in [-0.39, 0.29) is 85.4 Å². The average Bonchev–Trinajstić information content (AvgIpc) is 1.50. The van der Waals surface area contributed by atoms with Gasteiger partial charge in [0.05, 0.1) is 76.8 Å². The topological polar surface area (TPSA) is 764 Å². The quantitative estimate of drug-likeness (QED) is 0.00424. The first-order valence-electron chi connectivity index (χ1n) is 40.7. The number of aromatic nitrogens is 6. The maximum absolute atomic E-state index is 13.6. The van der Waals surface area contributed by atoms with Gasteiger partial charge in [0.25, 0.3) is 12.4 Å². The lowest BCUT2D eigenvalue weighted by molar-refractivity contribution is -0.120. The molecule has 782 valence electrons. The second-order valence-corrected chi connectivity index (χ2v) is 50.4. The molecule has 143 heavy (non-hydrogen) atoms. The Morgan fingerprint density at radius 2 is 1.08 bits per heavy atom. The fourth-order valence-electron chi connectivity index (χ4n) is 14.1. The van der Waals surface area contributed by atoms with Gasteiger partial charge in [-0.25, -0.2) is 56.9 Å². The van der Waals surface area contributed by atoms with Crippen LogP contribution in [0.25, 0.3) is 38.8 Å². The molecule has 68 heteroatoms. The van der Waals surface area contributed by atoms with Crippen LogP contribution in [0.1, 0.15) is 111 Å². The van der Waals surface area contributed by atoms with E-state index in [2.05, 4.69) is 148 Å². The number of allylic oxidation sites excluding steroid dienone is 2. The molecule has 7 aromatic rings. The van der Waals surface area contributed by atoms with Gasteiger partial charge in [-0.3, -0.25) is 23.6 Å². The van der Waals surface area contributed by atoms with Gasteiger partial charge in [-0.1, -0.05) is 122 Å². The Balaban J connectivity index is 0.000000342. The lowest BCUT2D eigenvalue weighted by atomic mass is 9.85. The van der Waals surface area contributed by atoms with Crippen LogP contribution in [-0.2, 0) is 108 Å². The SMILES string of the molecule is CSSCO[C@@H]1C[C@H](n2cc(C#CCNC(=O)OCCSSCCN)c3c(N)ncnc32)O[C@@H]1COP(=O)(O)OP(=O)(O)OP(=O)(O)O.CSSCO[C@@H]1C[C@H](n2cc(C#CCNC(=O)OCCSSCCNC(=O)c3ccc(C4=c5cc6c(cc5Oc5cc7c(cc54)C(C)=CC(C)(C)N7)=NC(C)(C)C=C6C)c(OC=O)c3)c3c(N)ncnc32)O[C@@H]1COP(=O)(O)OP(=O)(O)OP(=O)(O)O.O=S(=O)=O.O=S(=O)=O. The highest BCUT2D eigenvalue weighted by Gasteiger charge is 2.47. The summed E-state index contributed by atoms with van der Waals surface area (Å²) in [6.45, 7) is 12.3. The number of nitrogen functional groups attached to an aromatic ring is 2. The van der Waals surface area contributed by atoms with E-state index in [0.29, 0.717) is 87.1 Å². The third-order valence-corrected chi connectivity index (χ3v) is 34.4. The molecule has 12 rings (SSSR count). The van der Waals surface area contributed by atoms with Gasteiger partial charge in [-0.05, 0) is 95.5 Å². The normalized spacial score (nSPS) is 19.0. The van der Waals surface area contributed by atoms with E-state index in [4.69, 9.17) is 114 Å². The van der Waals surface area contributed by atoms with E-state index >= 15 is 0 Å². The number of fused-ring (bicyclic) bond motifs is 6. The van der Waals surface area contributed by atoms with E-state index < -0.39 is 136 Å². The summed E-state index contributed by atoms with van der Waals surface area (Å²) in [6.07, 6.45) is 7.15. The summed E-state index contributed by atoms with van der Waals surface area (Å²) in [7, 11) is -28.2. The molecule has 2 saturated heterocycles. The second kappa shape index (κ2) is 54.1. The number of hydrogen-bond donors (Lipinski definition) is 15. The zero-order valence-corrected chi connectivity index (χ0v) is 89.3. The van der Waals surface area contributed by atoms with Crippen LogP contribution in [0.3, 0.4) is 0 Å². The average molecular weight is 2310 g/mol. The molecule has 4 unspecified atom stereocenters. The van der Waals surface area contributed by atoms with Gasteiger partial charge < -0.3 is 125 Å². The van der Waals surface area contributed by atoms with Crippen LogP contribution in [0.2, 0.25) is 0 Å². The van der Waals surface area contributed by atoms with Crippen molar-refractivity contribution >= 4 is 235 Å². The van der Waals surface area contributed by atoms with Crippen LogP contribution in [0, 0.1) is 23.7 Å². The van der Waals surface area contributed by atoms with Crippen molar-refractivity contribution in [1.29, 1.82) is 0 Å². The Morgan fingerprint density at radius 1 is 0.594 bits per heavy atom. The highest BCUT2D eigenvalue weighted by atomic mass is 33.1. The molecule has 0 aliphatic carbocycles. The van der Waals surface area contributed by atoms with Crippen LogP contribution in [-0.4, -0.2) is 254 Å². The molecule has 3 amide bonds. The molecule has 4 aromatic heterocycles. The van der Waals surface area contributed by atoms with Crippen LogP contribution < -0.4 is 58.5 Å². The molecule has 18 N–H and O–H groups in total. The number of carbonyl (C=O) groups excluding carboxylic acids is 4. The zero-order valence-electron chi connectivity index (χ0n) is 75.8. The largest absolute Gasteiger partial charge is 0.490 e. The summed E-state index contributed by atoms with van der Waals surface area (Å²) in [6, 6.07) is 13.2. The number of phosphoric ester groups is 2. The molecule has 9 heterocycles. The number of nitrogens with two attached hydrogens (primary N) is 3. The maximum Gasteiger partial charge on any atom is 0.490 e. The number of benzene rings is 3. The number of ether oxygens (including phenoxy) is 8. The molecule has 5 aliphatic rings. The molecular formula is C75H94N14O38P6S10. The predicted octanol–water partition coefficient (Wildman–Crippen LogP) is 8.61. The Morgan fingerprint density at radius 3 is 1.55 bits per heavy atom. The number of nitrogens with zero attached hydrogens (tertiary/aromatic N) is 7. The summed E-state index contributed by atoms with van der Waals surface area (Å²) < 4.78 is 196. The summed E-state index contributed by atoms with van der Waals surface area (Å²) >= 11 is 0. The van der Waals surface area contributed by atoms with Crippen molar-refractivity contribution in [3.05, 3.63) is 129 Å². The van der Waals surface area contributed by atoms with Crippen molar-refractivity contribution in [3.63, 3.8) is 0 Å². The van der Waals surface area contributed by atoms with Gasteiger partial charge in [0, 0.05) is 118 Å². The lowest BCUT2D eigenvalue weighted by Crippen LogP contribution is -2.32. The molecular weight excluding hydrogens is 2210 g/mol. The minimum Gasteiger partial charge on any atom is -0.456 e. The van der Waals surface area contributed by atoms with Crippen molar-refractivity contribution < 1.29 is 175 Å². The lowest BCUT2D eigenvalue weighted by Gasteiger charge is -2.33. The zero-order chi connectivity index (χ0) is 105. The Hall–Kier alpha value is -7.49. The van der Waals surface area contributed by atoms with Crippen LogP contribution >= 0.6 is 133 Å². The number of amides is 3. The molecule has 0 saturated carbocycles. The van der Waals surface area contributed by atoms with Gasteiger partial charge in [-0.2, -0.15) is 17.2 Å². The van der Waals surface area contributed by atoms with E-state index in [1.807, 2.05) is 24.6 Å². The number of rotatable bonds is 43. The number of hydrogen-bond acceptors (Lipinski definition) is 47. The molecule has 3 aromatic carbocycles. The van der Waals surface area contributed by atoms with Crippen molar-refractivity contribution in [2.24, 2.45) is 10.7 Å². The number of nitrogens with one attached hydrogen (secondary N) is 4. The number of carbonyl (C=O) groups is 4. The monoisotopic (exact) mass is 2300 g/mol. The van der Waals surface area contributed by atoms with Crippen molar-refractivity contribution in [3.8, 4) is 40.9 Å². The number of anilines is 3. The molecule has 2 fully saturated rings. The smallest absolute Gasteiger partial charge is 0.456 e. The van der Waals surface area contributed by atoms with E-state index in [9.17, 15) is 66.1 Å². The van der Waals surface area contributed by atoms with Crippen LogP contribution in [0.4, 0.5) is 26.9 Å². The Labute approximate surface area is 849 Å². The predicted molar refractivity (Wildman–Crippen MR) is 533 cm³/mol. The third kappa shape index (κ3) is 37.3. The molecule has 10 atom stereocenters. The maximum atomic E-state index is 13.6. The number of alkyl carbamates (subject to hydrolysis) is 2. The van der Waals surface area contributed by atoms with Gasteiger partial charge in [0.15, 0.2) is 0 Å². The van der Waals surface area contributed by atoms with E-state index in [0.717, 1.165) is 55.4 Å². The summed E-state index contributed by atoms with van der Waals surface area (Å²) in [5.74, 6) is 15.5. The first kappa shape index (κ1) is 119. The highest BCUT2D eigenvalue weighted by Crippen LogP contribution is 2.68. The third-order valence-electron chi connectivity index (χ3n) is 19.0. The van der Waals surface area contributed by atoms with Gasteiger partial charge >= 0.3 is 80.3 Å². The molecule has 0 radical (unpaired) electrons. The van der Waals surface area contributed by atoms with Gasteiger partial charge in [0.1, 0.15) is 103 Å². The molecule has 52 nitrogen and oxygen atoms in total. The standard InChI is InChI=1S/C54H61N8O18P3S4.C21H33N6O14P3S4.2O3S/c1-30-23-53(3,4)60-39-20-42-37(18-35(30)39)48(38-19-36-31(2)24-54(5,6)61-40(36)21-43(38)77-42)34-11-10-32(17-41(34)74-28-63)51(64)56-13-15-85-86-16-14-73-52(65)57-12-8-9-33-25-62(50-47(33)49(55)58-27-59-50)46-22-44(75-29-87-84-7)45(78-46)26-76-82(69,70)80-83(71,72)79-81(66,67)68;1-45-48-13-37-15-9-17(39-16(15)11-38-43(32,33)41-44(34,35)40-42(29,30)31)27-10-14(18-19(23)25-12-26-20(18)27)3-2-5-24-21(28)36-6-8-47-46-7-4-22;2*1-4(2)3/h10-11,17-21,23-25,27-28,44-46,60H,12-16,22,26,29H2,1-7H3,(H,56,64)(H,57,65)(H,69,70)(H,71,72)(H2,55,58,59)(H2,66,67,68);10,12,15-17H,4-9,11,13,22H2,1H3,(H,24,28)(H,32,33)(H,34,35)(H2,23,25,26)(H2,29,30,31);;/t44-,45-,46-;15-,16-,17-;;/m11../s1. The van der Waals surface area contributed by atoms with Crippen LogP contribution in [0.15, 0.2) is 84.7 Å². The summed E-state index contributed by atoms with van der Waals surface area (Å²) in [5.41, 5.74) is 26.0. The first-order chi connectivity index (χ1) is 67.2. The van der Waals surface area contributed by atoms with Crippen LogP contribution in [0.5, 0.6) is 17.2 Å².